The quantitative estimate of drug-likeness (QED) is 0.357. The van der Waals surface area contributed by atoms with E-state index in [-0.39, 0.29) is 36.9 Å². The van der Waals surface area contributed by atoms with Gasteiger partial charge in [0.1, 0.15) is 12.6 Å². The minimum absolute atomic E-state index is 0. The lowest BCUT2D eigenvalue weighted by Crippen LogP contribution is -2.68. The first-order valence-corrected chi connectivity index (χ1v) is 16.0. The first-order valence-electron chi connectivity index (χ1n) is 13.3. The summed E-state index contributed by atoms with van der Waals surface area (Å²) < 4.78 is 32.8. The van der Waals surface area contributed by atoms with Crippen molar-refractivity contribution in [2.45, 2.75) is 37.8 Å². The molecule has 2 unspecified atom stereocenters. The molecule has 1 amide bonds. The largest absolute Gasteiger partial charge is 0.374 e. The molecule has 8 nitrogen and oxygen atoms in total. The number of para-hydroxylation sites is 1. The van der Waals surface area contributed by atoms with Crippen LogP contribution in [-0.2, 0) is 31.6 Å². The van der Waals surface area contributed by atoms with Crippen molar-refractivity contribution in [2.75, 3.05) is 44.4 Å². The number of halogens is 1. The van der Waals surface area contributed by atoms with Crippen LogP contribution in [0.3, 0.4) is 0 Å². The first-order chi connectivity index (χ1) is 18.7. The number of fused-ring (bicyclic) bond motifs is 2. The Hall–Kier alpha value is -2.47. The summed E-state index contributed by atoms with van der Waals surface area (Å²) in [6.45, 7) is 4.36. The lowest BCUT2D eigenvalue weighted by Gasteiger charge is -2.37. The molecule has 1 aromatic heterocycles. The smallest absolute Gasteiger partial charge is 0.321 e. The van der Waals surface area contributed by atoms with Crippen LogP contribution in [0.4, 0.5) is 10.7 Å². The summed E-state index contributed by atoms with van der Waals surface area (Å²) >= 11 is 1.55. The third kappa shape index (κ3) is 5.66. The number of quaternary nitrogens is 1. The van der Waals surface area contributed by atoms with E-state index in [4.69, 9.17) is 4.74 Å². The number of sulfonamides is 1. The molecule has 0 aliphatic carbocycles. The molecule has 3 heterocycles. The molecule has 3 aromatic rings. The van der Waals surface area contributed by atoms with Gasteiger partial charge in [-0.1, -0.05) is 52.5 Å². The number of hydrogen-bond donors (Lipinski definition) is 2. The molecule has 2 aromatic carbocycles. The molecule has 2 N–H and O–H groups in total. The number of rotatable bonds is 9. The topological polar surface area (TPSA) is 87.7 Å². The highest BCUT2D eigenvalue weighted by molar-refractivity contribution is 7.90. The maximum atomic E-state index is 14.2. The fourth-order valence-electron chi connectivity index (χ4n) is 5.99. The maximum absolute atomic E-state index is 14.2. The van der Waals surface area contributed by atoms with E-state index in [1.807, 2.05) is 84.9 Å². The standard InChI is InChI=1S/C29H36N4O4S2.ClH/c1-22-13-18-38-28(22)32(2)25(20-37-19-23-9-5-4-6-10-23)27(34)31-33(39(3,35)36)21-29(14-16-30-17-15-29)24-11-7-8-12-26(24)33;/h4-13,18,25,30H,14-17,19-21H2,1-3H3;1H/p+1. The molecule has 0 saturated carbocycles. The number of benzene rings is 2. The summed E-state index contributed by atoms with van der Waals surface area (Å²) in [5.74, 6) is -0.385. The van der Waals surface area contributed by atoms with E-state index in [2.05, 4.69) is 10.7 Å². The van der Waals surface area contributed by atoms with E-state index in [0.29, 0.717) is 12.3 Å². The lowest BCUT2D eigenvalue weighted by atomic mass is 9.75. The molecule has 0 bridgehead atoms. The van der Waals surface area contributed by atoms with Crippen molar-refractivity contribution in [3.05, 3.63) is 82.7 Å². The Morgan fingerprint density at radius 1 is 1.12 bits per heavy atom. The van der Waals surface area contributed by atoms with Crippen LogP contribution in [0.25, 0.3) is 0 Å². The molecule has 1 spiro atoms. The molecule has 2 atom stereocenters. The molecular weight excluding hydrogens is 568 g/mol. The van der Waals surface area contributed by atoms with Gasteiger partial charge in [-0.15, -0.1) is 23.7 Å². The second kappa shape index (κ2) is 12.2. The maximum Gasteiger partial charge on any atom is 0.321 e. The van der Waals surface area contributed by atoms with Gasteiger partial charge in [-0.05, 0) is 55.4 Å². The van der Waals surface area contributed by atoms with E-state index in [9.17, 15) is 13.2 Å². The van der Waals surface area contributed by atoms with Crippen LogP contribution < -0.4 is 19.6 Å². The third-order valence-electron chi connectivity index (χ3n) is 8.12. The summed E-state index contributed by atoms with van der Waals surface area (Å²) in [5.41, 5.74) is 6.42. The van der Waals surface area contributed by atoms with E-state index >= 15 is 0 Å². The van der Waals surface area contributed by atoms with E-state index in [1.54, 1.807) is 11.3 Å². The normalized spacial score (nSPS) is 20.4. The second-order valence-corrected chi connectivity index (χ2v) is 13.7. The van der Waals surface area contributed by atoms with E-state index in [1.165, 1.54) is 6.26 Å². The number of nitrogens with one attached hydrogen (secondary N) is 2. The number of likely N-dealkylation sites (N-methyl/N-ethyl adjacent to an activating group) is 1. The predicted octanol–water partition coefficient (Wildman–Crippen LogP) is 4.13. The van der Waals surface area contributed by atoms with Crippen molar-refractivity contribution in [3.63, 3.8) is 0 Å². The summed E-state index contributed by atoms with van der Waals surface area (Å²) in [6, 6.07) is 18.8. The summed E-state index contributed by atoms with van der Waals surface area (Å²) in [4.78, 5) is 16.1. The molecular formula is C29H38ClN4O4S2+. The highest BCUT2D eigenvalue weighted by Gasteiger charge is 2.60. The fourth-order valence-corrected chi connectivity index (χ4v) is 8.19. The van der Waals surface area contributed by atoms with Crippen molar-refractivity contribution < 1.29 is 17.9 Å². The Balaban J connectivity index is 0.00000370. The molecule has 216 valence electrons. The summed E-state index contributed by atoms with van der Waals surface area (Å²) in [5, 5.41) is 6.33. The van der Waals surface area contributed by atoms with Gasteiger partial charge in [0.25, 0.3) is 5.91 Å². The zero-order valence-electron chi connectivity index (χ0n) is 23.1. The lowest BCUT2D eigenvalue weighted by molar-refractivity contribution is -0.126. The zero-order valence-corrected chi connectivity index (χ0v) is 25.6. The number of nitrogens with zero attached hydrogens (tertiary/aromatic N) is 2. The molecule has 1 saturated heterocycles. The van der Waals surface area contributed by atoms with Crippen molar-refractivity contribution in [1.82, 2.24) is 14.7 Å². The first kappa shape index (κ1) is 30.5. The molecule has 5 rings (SSSR count). The van der Waals surface area contributed by atoms with Gasteiger partial charge in [0.15, 0.2) is 5.69 Å². The number of anilines is 1. The van der Waals surface area contributed by atoms with Crippen LogP contribution in [-0.4, -0.2) is 59.9 Å². The Morgan fingerprint density at radius 3 is 2.45 bits per heavy atom. The molecule has 40 heavy (non-hydrogen) atoms. The van der Waals surface area contributed by atoms with Crippen molar-refractivity contribution >= 4 is 50.4 Å². The zero-order chi connectivity index (χ0) is 27.7. The van der Waals surface area contributed by atoms with Gasteiger partial charge in [-0.2, -0.15) is 13.8 Å². The Morgan fingerprint density at radius 2 is 1.80 bits per heavy atom. The third-order valence-corrected chi connectivity index (χ3v) is 10.8. The average molecular weight is 606 g/mol. The molecule has 2 aliphatic rings. The predicted molar refractivity (Wildman–Crippen MR) is 164 cm³/mol. The summed E-state index contributed by atoms with van der Waals surface area (Å²) in [6.07, 6.45) is 2.85. The molecule has 2 aliphatic heterocycles. The van der Waals surface area contributed by atoms with E-state index < -0.39 is 20.1 Å². The number of aryl methyl sites for hydroxylation is 1. The van der Waals surface area contributed by atoms with Crippen LogP contribution in [0.5, 0.6) is 0 Å². The van der Waals surface area contributed by atoms with Crippen LogP contribution in [0, 0.1) is 6.92 Å². The summed E-state index contributed by atoms with van der Waals surface area (Å²) in [7, 11) is -1.94. The van der Waals surface area contributed by atoms with Gasteiger partial charge in [0, 0.05) is 18.7 Å². The molecule has 1 fully saturated rings. The molecule has 11 heteroatoms. The SMILES string of the molecule is Cc1ccsc1N(C)C(COCc1ccccc1)C(=O)N[N+]1(S(C)(=O)=O)CC2(CCNCC2)c2ccccc21.Cl. The average Bonchev–Trinajstić information content (AvgIpc) is 3.47. The number of carbonyl (C=O) groups excluding carboxylic acids is 1. The number of hydrogen-bond acceptors (Lipinski definition) is 7. The fraction of sp³-hybridized carbons (Fsp3) is 0.414. The van der Waals surface area contributed by atoms with Crippen LogP contribution in [0.1, 0.15) is 29.5 Å². The number of thiophene rings is 1. The Bertz CT molecular complexity index is 1430. The number of amides is 1. The van der Waals surface area contributed by atoms with Crippen LogP contribution in [0.2, 0.25) is 0 Å². The van der Waals surface area contributed by atoms with Gasteiger partial charge in [0.05, 0.1) is 29.9 Å². The number of piperidine rings is 1. The van der Waals surface area contributed by atoms with Gasteiger partial charge in [0.2, 0.25) is 0 Å². The number of carbonyl (C=O) groups is 1. The monoisotopic (exact) mass is 605 g/mol. The van der Waals surface area contributed by atoms with Crippen molar-refractivity contribution in [2.24, 2.45) is 0 Å². The van der Waals surface area contributed by atoms with Crippen LogP contribution in [0.15, 0.2) is 66.0 Å². The van der Waals surface area contributed by atoms with E-state index in [0.717, 1.165) is 47.6 Å². The highest BCUT2D eigenvalue weighted by Crippen LogP contribution is 2.50. The highest BCUT2D eigenvalue weighted by atomic mass is 35.5. The minimum atomic E-state index is -3.80. The van der Waals surface area contributed by atoms with Gasteiger partial charge in [-0.25, -0.2) is 0 Å². The molecule has 0 radical (unpaired) electrons. The minimum Gasteiger partial charge on any atom is -0.374 e. The van der Waals surface area contributed by atoms with Gasteiger partial charge >= 0.3 is 10.0 Å². The Kier molecular flexibility index (Phi) is 9.28. The van der Waals surface area contributed by atoms with Gasteiger partial charge in [-0.3, -0.25) is 4.79 Å². The Labute approximate surface area is 247 Å². The second-order valence-electron chi connectivity index (χ2n) is 10.7. The van der Waals surface area contributed by atoms with Gasteiger partial charge < -0.3 is 15.0 Å². The van der Waals surface area contributed by atoms with Crippen LogP contribution >= 0.6 is 23.7 Å². The van der Waals surface area contributed by atoms with Crippen molar-refractivity contribution in [3.8, 4) is 0 Å². The number of ether oxygens (including phenoxy) is 1. The van der Waals surface area contributed by atoms with Crippen molar-refractivity contribution in [1.29, 1.82) is 0 Å².